The smallest absolute Gasteiger partial charge is 0.0350 e. The lowest BCUT2D eigenvalue weighted by Crippen LogP contribution is -1.90. The Hall–Kier alpha value is -2.22. The van der Waals surface area contributed by atoms with Crippen LogP contribution in [-0.2, 0) is 0 Å². The Labute approximate surface area is 99.8 Å². The van der Waals surface area contributed by atoms with Crippen LogP contribution in [0.2, 0.25) is 0 Å². The van der Waals surface area contributed by atoms with E-state index >= 15 is 0 Å². The summed E-state index contributed by atoms with van der Waals surface area (Å²) in [7, 11) is 0. The molecule has 84 valence electrons. The van der Waals surface area contributed by atoms with Gasteiger partial charge in [0.2, 0.25) is 0 Å². The van der Waals surface area contributed by atoms with Crippen molar-refractivity contribution in [3.05, 3.63) is 48.0 Å². The quantitative estimate of drug-likeness (QED) is 0.452. The van der Waals surface area contributed by atoms with Crippen molar-refractivity contribution in [3.8, 4) is 0 Å². The lowest BCUT2D eigenvalue weighted by molar-refractivity contribution is 1.53. The van der Waals surface area contributed by atoms with Crippen LogP contribution in [0.15, 0.2) is 42.5 Å². The number of anilines is 2. The highest BCUT2D eigenvalue weighted by Crippen LogP contribution is 2.29. The van der Waals surface area contributed by atoms with E-state index in [1.165, 1.54) is 21.5 Å². The first-order chi connectivity index (χ1) is 8.15. The molecule has 0 saturated heterocycles. The van der Waals surface area contributed by atoms with Gasteiger partial charge >= 0.3 is 0 Å². The van der Waals surface area contributed by atoms with Gasteiger partial charge in [-0.25, -0.2) is 0 Å². The van der Waals surface area contributed by atoms with Crippen LogP contribution < -0.4 is 11.5 Å². The molecule has 0 fully saturated rings. The summed E-state index contributed by atoms with van der Waals surface area (Å²) >= 11 is 0. The van der Waals surface area contributed by atoms with E-state index < -0.39 is 0 Å². The van der Waals surface area contributed by atoms with Gasteiger partial charge in [0.05, 0.1) is 0 Å². The molecule has 3 aromatic carbocycles. The first-order valence-electron chi connectivity index (χ1n) is 5.63. The second kappa shape index (κ2) is 3.39. The molecule has 0 unspecified atom stereocenters. The van der Waals surface area contributed by atoms with Crippen LogP contribution in [0.25, 0.3) is 21.5 Å². The fraction of sp³-hybridized carbons (Fsp3) is 0.0667. The molecule has 0 amide bonds. The summed E-state index contributed by atoms with van der Waals surface area (Å²) in [5.41, 5.74) is 14.5. The normalized spacial score (nSPS) is 11.1. The highest BCUT2D eigenvalue weighted by Gasteiger charge is 2.03. The van der Waals surface area contributed by atoms with Crippen LogP contribution in [0, 0.1) is 6.92 Å². The van der Waals surface area contributed by atoms with Gasteiger partial charge in [0.15, 0.2) is 0 Å². The molecular formula is C15H14N2. The van der Waals surface area contributed by atoms with Gasteiger partial charge in [-0.2, -0.15) is 0 Å². The van der Waals surface area contributed by atoms with E-state index in [1.807, 2.05) is 24.3 Å². The molecule has 0 aromatic heterocycles. The molecule has 0 atom stereocenters. The molecule has 0 heterocycles. The maximum atomic E-state index is 5.93. The van der Waals surface area contributed by atoms with E-state index in [2.05, 4.69) is 25.1 Å². The molecule has 17 heavy (non-hydrogen) atoms. The number of benzene rings is 3. The van der Waals surface area contributed by atoms with E-state index in [9.17, 15) is 0 Å². The van der Waals surface area contributed by atoms with Crippen molar-refractivity contribution in [1.29, 1.82) is 0 Å². The monoisotopic (exact) mass is 222 g/mol. The number of hydrogen-bond donors (Lipinski definition) is 2. The minimum atomic E-state index is 0.795. The Morgan fingerprint density at radius 1 is 0.765 bits per heavy atom. The fourth-order valence-electron chi connectivity index (χ4n) is 2.26. The lowest BCUT2D eigenvalue weighted by atomic mass is 9.99. The highest BCUT2D eigenvalue weighted by molar-refractivity contribution is 6.01. The van der Waals surface area contributed by atoms with Crippen LogP contribution in [0.5, 0.6) is 0 Å². The second-order valence-electron chi connectivity index (χ2n) is 4.46. The molecule has 0 aliphatic rings. The number of aryl methyl sites for hydroxylation is 1. The number of rotatable bonds is 0. The van der Waals surface area contributed by atoms with Crippen molar-refractivity contribution in [2.75, 3.05) is 11.5 Å². The van der Waals surface area contributed by atoms with E-state index in [-0.39, 0.29) is 0 Å². The third kappa shape index (κ3) is 1.49. The minimum Gasteiger partial charge on any atom is -0.399 e. The number of fused-ring (bicyclic) bond motifs is 2. The SMILES string of the molecule is Cc1c(N)ccc2cc3cc(N)ccc3cc12. The van der Waals surface area contributed by atoms with E-state index in [0.29, 0.717) is 0 Å². The van der Waals surface area contributed by atoms with Gasteiger partial charge in [0.25, 0.3) is 0 Å². The van der Waals surface area contributed by atoms with Crippen LogP contribution >= 0.6 is 0 Å². The van der Waals surface area contributed by atoms with Crippen LogP contribution in [0.1, 0.15) is 5.56 Å². The standard InChI is InChI=1S/C15H14N2/c1-9-14-8-10-2-4-13(16)7-12(10)6-11(14)3-5-15(9)17/h2-8H,16-17H2,1H3. The molecule has 0 saturated carbocycles. The molecular weight excluding hydrogens is 208 g/mol. The third-order valence-electron chi connectivity index (χ3n) is 3.31. The molecule has 2 nitrogen and oxygen atoms in total. The average Bonchev–Trinajstić information content (AvgIpc) is 2.32. The van der Waals surface area contributed by atoms with Gasteiger partial charge in [-0.1, -0.05) is 12.1 Å². The summed E-state index contributed by atoms with van der Waals surface area (Å²) < 4.78 is 0. The molecule has 0 aliphatic carbocycles. The average molecular weight is 222 g/mol. The molecule has 0 aliphatic heterocycles. The Morgan fingerprint density at radius 3 is 2.35 bits per heavy atom. The minimum absolute atomic E-state index is 0.795. The number of nitrogen functional groups attached to an aromatic ring is 2. The summed E-state index contributed by atoms with van der Waals surface area (Å²) in [5.74, 6) is 0. The van der Waals surface area contributed by atoms with Crippen LogP contribution in [-0.4, -0.2) is 0 Å². The third-order valence-corrected chi connectivity index (χ3v) is 3.31. The van der Waals surface area contributed by atoms with Gasteiger partial charge in [0, 0.05) is 11.4 Å². The number of hydrogen-bond acceptors (Lipinski definition) is 2. The maximum Gasteiger partial charge on any atom is 0.0350 e. The van der Waals surface area contributed by atoms with Crippen molar-refractivity contribution in [3.63, 3.8) is 0 Å². The van der Waals surface area contributed by atoms with Crippen molar-refractivity contribution < 1.29 is 0 Å². The highest BCUT2D eigenvalue weighted by atomic mass is 14.6. The molecule has 3 aromatic rings. The van der Waals surface area contributed by atoms with Gasteiger partial charge in [-0.15, -0.1) is 0 Å². The van der Waals surface area contributed by atoms with Crippen molar-refractivity contribution in [2.45, 2.75) is 6.92 Å². The van der Waals surface area contributed by atoms with Gasteiger partial charge in [-0.05, 0) is 64.4 Å². The van der Waals surface area contributed by atoms with Crippen molar-refractivity contribution in [2.24, 2.45) is 0 Å². The van der Waals surface area contributed by atoms with Gasteiger partial charge in [0.1, 0.15) is 0 Å². The Morgan fingerprint density at radius 2 is 1.53 bits per heavy atom. The zero-order valence-corrected chi connectivity index (χ0v) is 9.70. The molecule has 0 bridgehead atoms. The van der Waals surface area contributed by atoms with E-state index in [0.717, 1.165) is 16.9 Å². The van der Waals surface area contributed by atoms with E-state index in [4.69, 9.17) is 11.5 Å². The lowest BCUT2D eigenvalue weighted by Gasteiger charge is -2.08. The Kier molecular flexibility index (Phi) is 1.99. The van der Waals surface area contributed by atoms with Crippen LogP contribution in [0.3, 0.4) is 0 Å². The predicted molar refractivity (Wildman–Crippen MR) is 75.0 cm³/mol. The van der Waals surface area contributed by atoms with Crippen molar-refractivity contribution in [1.82, 2.24) is 0 Å². The fourth-order valence-corrected chi connectivity index (χ4v) is 2.26. The molecule has 3 rings (SSSR count). The molecule has 0 radical (unpaired) electrons. The largest absolute Gasteiger partial charge is 0.399 e. The summed E-state index contributed by atoms with van der Waals surface area (Å²) in [5, 5.41) is 4.78. The summed E-state index contributed by atoms with van der Waals surface area (Å²) in [6.45, 7) is 2.06. The van der Waals surface area contributed by atoms with Gasteiger partial charge < -0.3 is 11.5 Å². The number of nitrogens with two attached hydrogens (primary N) is 2. The van der Waals surface area contributed by atoms with Gasteiger partial charge in [-0.3, -0.25) is 0 Å². The zero-order valence-electron chi connectivity index (χ0n) is 9.70. The summed E-state index contributed by atoms with van der Waals surface area (Å²) in [6, 6.07) is 14.3. The van der Waals surface area contributed by atoms with E-state index in [1.54, 1.807) is 0 Å². The Balaban J connectivity index is 2.48. The van der Waals surface area contributed by atoms with Crippen molar-refractivity contribution >= 4 is 32.9 Å². The first-order valence-corrected chi connectivity index (χ1v) is 5.63. The Bertz CT molecular complexity index is 730. The summed E-state index contributed by atoms with van der Waals surface area (Å²) in [4.78, 5) is 0. The second-order valence-corrected chi connectivity index (χ2v) is 4.46. The summed E-state index contributed by atoms with van der Waals surface area (Å²) in [6.07, 6.45) is 0. The molecule has 2 heteroatoms. The molecule has 0 spiro atoms. The topological polar surface area (TPSA) is 52.0 Å². The predicted octanol–water partition coefficient (Wildman–Crippen LogP) is 3.47. The van der Waals surface area contributed by atoms with Crippen LogP contribution in [0.4, 0.5) is 11.4 Å². The first kappa shape index (κ1) is 9.97. The molecule has 4 N–H and O–H groups in total. The maximum absolute atomic E-state index is 5.93. The zero-order chi connectivity index (χ0) is 12.0.